The summed E-state index contributed by atoms with van der Waals surface area (Å²) in [7, 11) is 1.82. The van der Waals surface area contributed by atoms with Crippen molar-refractivity contribution in [3.63, 3.8) is 0 Å². The van der Waals surface area contributed by atoms with E-state index < -0.39 is 0 Å². The molecule has 0 amide bonds. The second kappa shape index (κ2) is 5.24. The molecule has 1 nitrogen and oxygen atoms in total. The average Bonchev–Trinajstić information content (AvgIpc) is 2.52. The monoisotopic (exact) mass is 278 g/mol. The minimum Gasteiger partial charge on any atom is -0.500 e. The quantitative estimate of drug-likeness (QED) is 0.591. The molecule has 0 atom stereocenters. The van der Waals surface area contributed by atoms with Crippen molar-refractivity contribution in [2.24, 2.45) is 16.2 Å². The molecule has 0 heterocycles. The summed E-state index contributed by atoms with van der Waals surface area (Å²) in [6.07, 6.45) is 2.11. The Morgan fingerprint density at radius 1 is 0.850 bits per heavy atom. The van der Waals surface area contributed by atoms with Crippen molar-refractivity contribution in [1.29, 1.82) is 0 Å². The van der Waals surface area contributed by atoms with Gasteiger partial charge in [-0.1, -0.05) is 67.9 Å². The van der Waals surface area contributed by atoms with E-state index in [1.165, 1.54) is 11.3 Å². The van der Waals surface area contributed by atoms with Gasteiger partial charge in [0.15, 0.2) is 0 Å². The van der Waals surface area contributed by atoms with Crippen LogP contribution >= 0.6 is 0 Å². The van der Waals surface area contributed by atoms with Crippen molar-refractivity contribution in [2.45, 2.75) is 75.2 Å². The second-order valence-corrected chi connectivity index (χ2v) is 9.37. The lowest BCUT2D eigenvalue weighted by Crippen LogP contribution is -2.18. The third-order valence-corrected chi connectivity index (χ3v) is 3.89. The van der Waals surface area contributed by atoms with Crippen LogP contribution in [0.3, 0.4) is 0 Å². The molecule has 0 aromatic heterocycles. The van der Waals surface area contributed by atoms with Crippen molar-refractivity contribution in [3.05, 3.63) is 22.5 Å². The predicted octanol–water partition coefficient (Wildman–Crippen LogP) is 6.12. The summed E-state index contributed by atoms with van der Waals surface area (Å²) in [5.74, 6) is 1.18. The molecule has 0 spiro atoms. The summed E-state index contributed by atoms with van der Waals surface area (Å²) in [6, 6.07) is 0. The van der Waals surface area contributed by atoms with Crippen LogP contribution in [0.2, 0.25) is 0 Å². The fourth-order valence-electron chi connectivity index (χ4n) is 3.16. The summed E-state index contributed by atoms with van der Waals surface area (Å²) >= 11 is 0. The molecule has 1 aliphatic rings. The smallest absolute Gasteiger partial charge is 0.104 e. The number of hydrogen-bond donors (Lipinski definition) is 0. The molecule has 0 aromatic carbocycles. The van der Waals surface area contributed by atoms with E-state index in [1.807, 2.05) is 7.11 Å². The fraction of sp³-hybridized carbons (Fsp3) is 0.789. The van der Waals surface area contributed by atoms with E-state index in [4.69, 9.17) is 4.74 Å². The molecule has 1 aliphatic carbocycles. The predicted molar refractivity (Wildman–Crippen MR) is 88.7 cm³/mol. The Hall–Kier alpha value is -0.720. The lowest BCUT2D eigenvalue weighted by Gasteiger charge is -2.31. The summed E-state index contributed by atoms with van der Waals surface area (Å²) in [5.41, 5.74) is 5.20. The molecular formula is C19H34O. The highest BCUT2D eigenvalue weighted by molar-refractivity contribution is 5.50. The Balaban J connectivity index is 3.44. The lowest BCUT2D eigenvalue weighted by molar-refractivity contribution is 0.268. The number of hydrogen-bond acceptors (Lipinski definition) is 1. The van der Waals surface area contributed by atoms with Gasteiger partial charge in [-0.05, 0) is 33.8 Å². The van der Waals surface area contributed by atoms with Crippen molar-refractivity contribution in [3.8, 4) is 0 Å². The SMILES string of the molecule is COC1=C(C(C)(C)C)C(CC(C)(C)C)=C(C(C)(C)C)C1. The molecule has 116 valence electrons. The zero-order valence-corrected chi connectivity index (χ0v) is 15.3. The number of allylic oxidation sites excluding steroid dienone is 3. The molecule has 0 saturated heterocycles. The molecule has 0 fully saturated rings. The van der Waals surface area contributed by atoms with Gasteiger partial charge in [-0.2, -0.15) is 0 Å². The van der Waals surface area contributed by atoms with Crippen LogP contribution < -0.4 is 0 Å². The van der Waals surface area contributed by atoms with Gasteiger partial charge in [0.25, 0.3) is 0 Å². The third-order valence-electron chi connectivity index (χ3n) is 3.89. The molecule has 1 heteroatoms. The molecule has 20 heavy (non-hydrogen) atoms. The molecule has 0 saturated carbocycles. The first-order valence-corrected chi connectivity index (χ1v) is 7.78. The number of ether oxygens (including phenoxy) is 1. The third kappa shape index (κ3) is 3.90. The lowest BCUT2D eigenvalue weighted by atomic mass is 9.74. The first-order chi connectivity index (χ1) is 8.77. The van der Waals surface area contributed by atoms with E-state index in [1.54, 1.807) is 11.1 Å². The Morgan fingerprint density at radius 3 is 1.65 bits per heavy atom. The maximum atomic E-state index is 5.76. The van der Waals surface area contributed by atoms with E-state index in [9.17, 15) is 0 Å². The van der Waals surface area contributed by atoms with Crippen LogP contribution in [0.15, 0.2) is 22.5 Å². The Labute approximate surface area is 126 Å². The molecule has 1 rings (SSSR count). The molecule has 0 N–H and O–H groups in total. The topological polar surface area (TPSA) is 9.23 Å². The normalized spacial score (nSPS) is 18.1. The van der Waals surface area contributed by atoms with Crippen LogP contribution in [0, 0.1) is 16.2 Å². The maximum absolute atomic E-state index is 5.76. The van der Waals surface area contributed by atoms with Crippen LogP contribution in [0.5, 0.6) is 0 Å². The zero-order valence-electron chi connectivity index (χ0n) is 15.3. The Bertz CT molecular complexity index is 428. The Morgan fingerprint density at radius 2 is 1.35 bits per heavy atom. The first-order valence-electron chi connectivity index (χ1n) is 7.78. The van der Waals surface area contributed by atoms with Gasteiger partial charge in [0.2, 0.25) is 0 Å². The van der Waals surface area contributed by atoms with E-state index in [0.29, 0.717) is 5.41 Å². The van der Waals surface area contributed by atoms with Gasteiger partial charge in [0.05, 0.1) is 7.11 Å². The van der Waals surface area contributed by atoms with Gasteiger partial charge in [-0.25, -0.2) is 0 Å². The van der Waals surface area contributed by atoms with Crippen LogP contribution in [0.1, 0.15) is 75.2 Å². The summed E-state index contributed by atoms with van der Waals surface area (Å²) in [4.78, 5) is 0. The second-order valence-electron chi connectivity index (χ2n) is 9.37. The Kier molecular flexibility index (Phi) is 4.54. The van der Waals surface area contributed by atoms with Crippen LogP contribution in [0.25, 0.3) is 0 Å². The summed E-state index contributed by atoms with van der Waals surface area (Å²) < 4.78 is 5.76. The van der Waals surface area contributed by atoms with Gasteiger partial charge < -0.3 is 4.74 Å². The van der Waals surface area contributed by atoms with E-state index in [-0.39, 0.29) is 10.8 Å². The zero-order chi connectivity index (χ0) is 15.9. The maximum Gasteiger partial charge on any atom is 0.104 e. The van der Waals surface area contributed by atoms with E-state index in [0.717, 1.165) is 12.8 Å². The van der Waals surface area contributed by atoms with Gasteiger partial charge in [-0.15, -0.1) is 0 Å². The first kappa shape index (κ1) is 17.3. The molecule has 0 radical (unpaired) electrons. The molecule has 0 aromatic rings. The average molecular weight is 278 g/mol. The van der Waals surface area contributed by atoms with Crippen molar-refractivity contribution in [1.82, 2.24) is 0 Å². The van der Waals surface area contributed by atoms with Crippen LogP contribution in [-0.2, 0) is 4.74 Å². The molecule has 0 aliphatic heterocycles. The summed E-state index contributed by atoms with van der Waals surface area (Å²) in [6.45, 7) is 20.8. The number of rotatable bonds is 2. The van der Waals surface area contributed by atoms with Crippen molar-refractivity contribution < 1.29 is 4.74 Å². The van der Waals surface area contributed by atoms with Crippen molar-refractivity contribution >= 4 is 0 Å². The van der Waals surface area contributed by atoms with E-state index >= 15 is 0 Å². The highest BCUT2D eigenvalue weighted by Gasteiger charge is 2.37. The van der Waals surface area contributed by atoms with Gasteiger partial charge in [-0.3, -0.25) is 0 Å². The molecule has 0 unspecified atom stereocenters. The van der Waals surface area contributed by atoms with Gasteiger partial charge in [0, 0.05) is 6.42 Å². The largest absolute Gasteiger partial charge is 0.500 e. The van der Waals surface area contributed by atoms with E-state index in [2.05, 4.69) is 62.3 Å². The fourth-order valence-corrected chi connectivity index (χ4v) is 3.16. The minimum atomic E-state index is 0.138. The highest BCUT2D eigenvalue weighted by atomic mass is 16.5. The number of methoxy groups -OCH3 is 1. The summed E-state index contributed by atoms with van der Waals surface area (Å²) in [5, 5.41) is 0. The van der Waals surface area contributed by atoms with Crippen LogP contribution in [0.4, 0.5) is 0 Å². The van der Waals surface area contributed by atoms with Crippen molar-refractivity contribution in [2.75, 3.05) is 7.11 Å². The van der Waals surface area contributed by atoms with Crippen LogP contribution in [-0.4, -0.2) is 7.11 Å². The van der Waals surface area contributed by atoms with Gasteiger partial charge >= 0.3 is 0 Å². The molecule has 0 bridgehead atoms. The minimum absolute atomic E-state index is 0.138. The molecular weight excluding hydrogens is 244 g/mol. The standard InChI is InChI=1S/C19H34O/c1-17(2,3)12-13-14(18(4,5)6)11-15(20-10)16(13)19(7,8)9/h11-12H2,1-10H3. The van der Waals surface area contributed by atoms with Gasteiger partial charge in [0.1, 0.15) is 5.76 Å². The highest BCUT2D eigenvalue weighted by Crippen LogP contribution is 2.51.